The third-order valence-electron chi connectivity index (χ3n) is 3.55. The van der Waals surface area contributed by atoms with Gasteiger partial charge in [-0.2, -0.15) is 5.10 Å². The van der Waals surface area contributed by atoms with Crippen molar-refractivity contribution in [2.75, 3.05) is 10.6 Å². The number of halogens is 1. The summed E-state index contributed by atoms with van der Waals surface area (Å²) in [6.45, 7) is 5.17. The molecule has 8 nitrogen and oxygen atoms in total. The van der Waals surface area contributed by atoms with Crippen molar-refractivity contribution in [3.8, 4) is 10.6 Å². The van der Waals surface area contributed by atoms with E-state index in [2.05, 4.69) is 20.7 Å². The molecule has 0 bridgehead atoms. The summed E-state index contributed by atoms with van der Waals surface area (Å²) in [4.78, 5) is 28.9. The fourth-order valence-corrected chi connectivity index (χ4v) is 3.15. The Kier molecular flexibility index (Phi) is 5.64. The van der Waals surface area contributed by atoms with Crippen LogP contribution < -0.4 is 10.6 Å². The number of aryl methyl sites for hydroxylation is 1. The van der Waals surface area contributed by atoms with Crippen molar-refractivity contribution in [2.45, 2.75) is 26.4 Å². The van der Waals surface area contributed by atoms with E-state index in [9.17, 15) is 14.0 Å². The van der Waals surface area contributed by atoms with Crippen molar-refractivity contribution in [2.24, 2.45) is 7.05 Å². The van der Waals surface area contributed by atoms with E-state index in [0.717, 1.165) is 11.6 Å². The minimum Gasteiger partial charge on any atom is -0.444 e. The van der Waals surface area contributed by atoms with Crippen LogP contribution in [0.15, 0.2) is 36.0 Å². The third kappa shape index (κ3) is 5.38. The molecule has 29 heavy (non-hydrogen) atoms. The van der Waals surface area contributed by atoms with Crippen LogP contribution in [-0.4, -0.2) is 32.4 Å². The van der Waals surface area contributed by atoms with Crippen LogP contribution >= 0.6 is 11.3 Å². The molecule has 0 fully saturated rings. The van der Waals surface area contributed by atoms with E-state index in [4.69, 9.17) is 4.74 Å². The Hall–Kier alpha value is -3.27. The number of thiazole rings is 1. The topological polar surface area (TPSA) is 98.1 Å². The van der Waals surface area contributed by atoms with Gasteiger partial charge in [0.2, 0.25) is 0 Å². The second kappa shape index (κ2) is 8.00. The maximum absolute atomic E-state index is 13.7. The number of nitrogens with zero attached hydrogens (tertiary/aromatic N) is 3. The summed E-state index contributed by atoms with van der Waals surface area (Å²) in [6.07, 6.45) is 2.72. The van der Waals surface area contributed by atoms with E-state index in [-0.39, 0.29) is 17.1 Å². The van der Waals surface area contributed by atoms with Gasteiger partial charge in [-0.3, -0.25) is 14.8 Å². The molecular weight excluding hydrogens is 397 g/mol. The Bertz CT molecular complexity index is 1050. The third-order valence-corrected chi connectivity index (χ3v) is 4.45. The molecule has 2 aromatic heterocycles. The molecule has 10 heteroatoms. The number of carbonyl (C=O) groups is 2. The SMILES string of the molecule is Cn1cc(-c2nc(C(=O)Nc3cc(F)ccc3NC(=O)OC(C)(C)C)cs2)cn1. The van der Waals surface area contributed by atoms with Gasteiger partial charge in [0.1, 0.15) is 22.1 Å². The lowest BCUT2D eigenvalue weighted by Crippen LogP contribution is -2.27. The van der Waals surface area contributed by atoms with Gasteiger partial charge >= 0.3 is 6.09 Å². The zero-order valence-electron chi connectivity index (χ0n) is 16.3. The predicted molar refractivity (Wildman–Crippen MR) is 109 cm³/mol. The van der Waals surface area contributed by atoms with Crippen LogP contribution in [0.2, 0.25) is 0 Å². The molecule has 0 aliphatic rings. The average Bonchev–Trinajstić information content (AvgIpc) is 3.24. The second-order valence-corrected chi connectivity index (χ2v) is 8.07. The smallest absolute Gasteiger partial charge is 0.412 e. The van der Waals surface area contributed by atoms with E-state index < -0.39 is 23.4 Å². The molecule has 0 unspecified atom stereocenters. The van der Waals surface area contributed by atoms with Crippen molar-refractivity contribution in [1.82, 2.24) is 14.8 Å². The largest absolute Gasteiger partial charge is 0.444 e. The summed E-state index contributed by atoms with van der Waals surface area (Å²) in [5.41, 5.74) is 0.556. The van der Waals surface area contributed by atoms with Crippen LogP contribution in [0.4, 0.5) is 20.6 Å². The van der Waals surface area contributed by atoms with Crippen molar-refractivity contribution >= 4 is 34.7 Å². The molecule has 2 N–H and O–H groups in total. The number of anilines is 2. The van der Waals surface area contributed by atoms with E-state index >= 15 is 0 Å². The number of rotatable bonds is 4. The number of benzene rings is 1. The number of ether oxygens (including phenoxy) is 1. The maximum Gasteiger partial charge on any atom is 0.412 e. The molecule has 0 atom stereocenters. The minimum absolute atomic E-state index is 0.0942. The molecule has 0 aliphatic carbocycles. The van der Waals surface area contributed by atoms with Gasteiger partial charge in [-0.1, -0.05) is 0 Å². The molecule has 0 radical (unpaired) electrons. The summed E-state index contributed by atoms with van der Waals surface area (Å²) in [5, 5.41) is 11.4. The number of nitrogens with one attached hydrogen (secondary N) is 2. The molecule has 3 aromatic rings. The van der Waals surface area contributed by atoms with E-state index in [1.807, 2.05) is 0 Å². The first kappa shape index (κ1) is 20.5. The lowest BCUT2D eigenvalue weighted by molar-refractivity contribution is 0.0635. The Morgan fingerprint density at radius 2 is 1.97 bits per heavy atom. The zero-order chi connectivity index (χ0) is 21.2. The summed E-state index contributed by atoms with van der Waals surface area (Å²) in [5.74, 6) is -1.10. The molecule has 0 aliphatic heterocycles. The summed E-state index contributed by atoms with van der Waals surface area (Å²) in [6, 6.07) is 3.63. The van der Waals surface area contributed by atoms with Gasteiger partial charge in [0, 0.05) is 24.2 Å². The Labute approximate surface area is 170 Å². The first-order valence-electron chi connectivity index (χ1n) is 8.66. The Balaban J connectivity index is 1.77. The minimum atomic E-state index is -0.716. The van der Waals surface area contributed by atoms with Crippen LogP contribution in [0, 0.1) is 5.82 Å². The normalized spacial score (nSPS) is 11.2. The van der Waals surface area contributed by atoms with Crippen LogP contribution in [0.1, 0.15) is 31.3 Å². The fraction of sp³-hybridized carbons (Fsp3) is 0.263. The molecule has 2 heterocycles. The van der Waals surface area contributed by atoms with Gasteiger partial charge in [0.05, 0.1) is 17.6 Å². The van der Waals surface area contributed by atoms with Gasteiger partial charge in [-0.25, -0.2) is 14.2 Å². The summed E-state index contributed by atoms with van der Waals surface area (Å²) < 4.78 is 20.6. The first-order chi connectivity index (χ1) is 13.6. The van der Waals surface area contributed by atoms with Crippen LogP contribution in [0.25, 0.3) is 10.6 Å². The molecule has 0 spiro atoms. The van der Waals surface area contributed by atoms with E-state index in [1.54, 1.807) is 50.3 Å². The van der Waals surface area contributed by atoms with Gasteiger partial charge in [0.15, 0.2) is 0 Å². The maximum atomic E-state index is 13.7. The molecule has 0 saturated heterocycles. The summed E-state index contributed by atoms with van der Waals surface area (Å²) in [7, 11) is 1.79. The quantitative estimate of drug-likeness (QED) is 0.660. The monoisotopic (exact) mass is 417 g/mol. The molecular formula is C19H20FN5O3S. The average molecular weight is 417 g/mol. The Morgan fingerprint density at radius 1 is 1.21 bits per heavy atom. The van der Waals surface area contributed by atoms with Crippen LogP contribution in [-0.2, 0) is 11.8 Å². The number of carbonyl (C=O) groups excluding carboxylic acids is 2. The second-order valence-electron chi connectivity index (χ2n) is 7.21. The lowest BCUT2D eigenvalue weighted by Gasteiger charge is -2.20. The van der Waals surface area contributed by atoms with Gasteiger partial charge in [-0.05, 0) is 39.0 Å². The molecule has 2 amide bonds. The summed E-state index contributed by atoms with van der Waals surface area (Å²) >= 11 is 1.29. The van der Waals surface area contributed by atoms with Crippen LogP contribution in [0.3, 0.4) is 0 Å². The van der Waals surface area contributed by atoms with Crippen LogP contribution in [0.5, 0.6) is 0 Å². The molecule has 0 saturated carbocycles. The molecule has 3 rings (SSSR count). The zero-order valence-corrected chi connectivity index (χ0v) is 17.1. The van der Waals surface area contributed by atoms with Crippen molar-refractivity contribution < 1.29 is 18.7 Å². The Morgan fingerprint density at radius 3 is 2.62 bits per heavy atom. The van der Waals surface area contributed by atoms with E-state index in [0.29, 0.717) is 5.01 Å². The predicted octanol–water partition coefficient (Wildman–Crippen LogP) is 4.28. The van der Waals surface area contributed by atoms with E-state index in [1.165, 1.54) is 23.5 Å². The number of hydrogen-bond donors (Lipinski definition) is 2. The van der Waals surface area contributed by atoms with Crippen molar-refractivity contribution in [1.29, 1.82) is 0 Å². The first-order valence-corrected chi connectivity index (χ1v) is 9.54. The van der Waals surface area contributed by atoms with Crippen molar-refractivity contribution in [3.63, 3.8) is 0 Å². The highest BCUT2D eigenvalue weighted by molar-refractivity contribution is 7.13. The van der Waals surface area contributed by atoms with Gasteiger partial charge in [0.25, 0.3) is 5.91 Å². The molecule has 1 aromatic carbocycles. The highest BCUT2D eigenvalue weighted by atomic mass is 32.1. The molecule has 152 valence electrons. The van der Waals surface area contributed by atoms with Gasteiger partial charge < -0.3 is 10.1 Å². The lowest BCUT2D eigenvalue weighted by atomic mass is 10.2. The highest BCUT2D eigenvalue weighted by Gasteiger charge is 2.19. The number of aromatic nitrogens is 3. The fourth-order valence-electron chi connectivity index (χ4n) is 2.37. The van der Waals surface area contributed by atoms with Crippen molar-refractivity contribution in [3.05, 3.63) is 47.5 Å². The number of hydrogen-bond acceptors (Lipinski definition) is 6. The number of amides is 2. The highest BCUT2D eigenvalue weighted by Crippen LogP contribution is 2.26. The standard InChI is InChI=1S/C19H20FN5O3S/c1-19(2,3)28-18(27)24-13-6-5-12(20)7-14(13)22-16(26)15-10-29-17(23-15)11-8-21-25(4)9-11/h5-10H,1-4H3,(H,22,26)(H,24,27). The van der Waals surface area contributed by atoms with Gasteiger partial charge in [-0.15, -0.1) is 11.3 Å².